The molecule has 2 N–H and O–H groups in total. The Labute approximate surface area is 176 Å². The van der Waals surface area contributed by atoms with E-state index in [1.54, 1.807) is 30.3 Å². The first-order valence-corrected chi connectivity index (χ1v) is 10.5. The minimum atomic E-state index is -0.210. The highest BCUT2D eigenvalue weighted by Crippen LogP contribution is 2.41. The Bertz CT molecular complexity index is 915. The van der Waals surface area contributed by atoms with Crippen molar-refractivity contribution in [1.82, 2.24) is 4.90 Å². The first-order chi connectivity index (χ1) is 14.0. The van der Waals surface area contributed by atoms with Crippen LogP contribution in [-0.2, 0) is 0 Å². The molecule has 0 spiro atoms. The van der Waals surface area contributed by atoms with Crippen molar-refractivity contribution in [3.05, 3.63) is 64.4 Å². The Hall–Kier alpha value is -2.13. The van der Waals surface area contributed by atoms with Crippen LogP contribution in [0, 0.1) is 17.1 Å². The molecule has 4 atom stereocenters. The molecule has 2 aromatic rings. The summed E-state index contributed by atoms with van der Waals surface area (Å²) in [5.74, 6) is 0.594. The molecule has 1 aliphatic carbocycles. The summed E-state index contributed by atoms with van der Waals surface area (Å²) in [6.07, 6.45) is 3.74. The topological polar surface area (TPSA) is 62.3 Å². The van der Waals surface area contributed by atoms with Crippen LogP contribution in [0.25, 0.3) is 0 Å². The lowest BCUT2D eigenvalue weighted by molar-refractivity contribution is 0.0682. The summed E-state index contributed by atoms with van der Waals surface area (Å²) in [7, 11) is 0. The molecule has 0 bridgehead atoms. The number of piperidine rings is 1. The van der Waals surface area contributed by atoms with Crippen molar-refractivity contribution < 1.29 is 9.13 Å². The van der Waals surface area contributed by atoms with Crippen molar-refractivity contribution in [3.8, 4) is 11.8 Å². The molecule has 4 rings (SSSR count). The van der Waals surface area contributed by atoms with Gasteiger partial charge < -0.3 is 10.5 Å². The van der Waals surface area contributed by atoms with E-state index in [4.69, 9.17) is 27.3 Å². The van der Waals surface area contributed by atoms with E-state index in [1.165, 1.54) is 6.07 Å². The third-order valence-corrected chi connectivity index (χ3v) is 6.39. The summed E-state index contributed by atoms with van der Waals surface area (Å²) in [5, 5.41) is 9.50. The SMILES string of the molecule is N#Cc1ccc(OC2CC(c3cccc(F)c3)CC2N2CCCC(N)C2)c(Cl)c1. The van der Waals surface area contributed by atoms with Gasteiger partial charge in [0.15, 0.2) is 0 Å². The van der Waals surface area contributed by atoms with Crippen LogP contribution in [0.4, 0.5) is 4.39 Å². The Morgan fingerprint density at radius 2 is 2.07 bits per heavy atom. The maximum Gasteiger partial charge on any atom is 0.138 e. The molecule has 0 amide bonds. The quantitative estimate of drug-likeness (QED) is 0.803. The minimum Gasteiger partial charge on any atom is -0.487 e. The van der Waals surface area contributed by atoms with Gasteiger partial charge in [-0.15, -0.1) is 0 Å². The zero-order chi connectivity index (χ0) is 20.4. The molecule has 29 heavy (non-hydrogen) atoms. The molecule has 4 nitrogen and oxygen atoms in total. The van der Waals surface area contributed by atoms with Gasteiger partial charge in [0.05, 0.1) is 16.7 Å². The summed E-state index contributed by atoms with van der Waals surface area (Å²) in [5.41, 5.74) is 7.74. The van der Waals surface area contributed by atoms with Gasteiger partial charge in [-0.1, -0.05) is 23.7 Å². The largest absolute Gasteiger partial charge is 0.487 e. The van der Waals surface area contributed by atoms with Gasteiger partial charge in [-0.2, -0.15) is 5.26 Å². The second-order valence-electron chi connectivity index (χ2n) is 8.10. The number of nitrogens with two attached hydrogens (primary N) is 1. The molecule has 2 aliphatic rings. The van der Waals surface area contributed by atoms with E-state index < -0.39 is 0 Å². The second-order valence-corrected chi connectivity index (χ2v) is 8.51. The summed E-state index contributed by atoms with van der Waals surface area (Å²) >= 11 is 6.36. The molecule has 1 saturated heterocycles. The highest BCUT2D eigenvalue weighted by Gasteiger charge is 2.41. The average Bonchev–Trinajstić information content (AvgIpc) is 3.13. The van der Waals surface area contributed by atoms with Crippen LogP contribution in [0.15, 0.2) is 42.5 Å². The Balaban J connectivity index is 1.58. The zero-order valence-electron chi connectivity index (χ0n) is 16.2. The monoisotopic (exact) mass is 413 g/mol. The van der Waals surface area contributed by atoms with Crippen LogP contribution < -0.4 is 10.5 Å². The predicted molar refractivity (Wildman–Crippen MR) is 112 cm³/mol. The van der Waals surface area contributed by atoms with E-state index in [0.717, 1.165) is 44.3 Å². The Kier molecular flexibility index (Phi) is 6.05. The van der Waals surface area contributed by atoms with Crippen LogP contribution >= 0.6 is 11.6 Å². The smallest absolute Gasteiger partial charge is 0.138 e. The molecular formula is C23H25ClFN3O. The number of rotatable bonds is 4. The number of halogens is 2. The van der Waals surface area contributed by atoms with E-state index in [-0.39, 0.29) is 29.9 Å². The fraction of sp³-hybridized carbons (Fsp3) is 0.435. The second kappa shape index (κ2) is 8.71. The number of nitrogens with zero attached hydrogens (tertiary/aromatic N) is 2. The average molecular weight is 414 g/mol. The lowest BCUT2D eigenvalue weighted by Gasteiger charge is -2.38. The number of nitriles is 1. The van der Waals surface area contributed by atoms with E-state index in [0.29, 0.717) is 16.3 Å². The van der Waals surface area contributed by atoms with E-state index in [2.05, 4.69) is 11.0 Å². The van der Waals surface area contributed by atoms with Crippen molar-refractivity contribution >= 4 is 11.6 Å². The molecular weight excluding hydrogens is 389 g/mol. The molecule has 4 unspecified atom stereocenters. The first-order valence-electron chi connectivity index (χ1n) is 10.1. The number of hydrogen-bond acceptors (Lipinski definition) is 4. The molecule has 1 aliphatic heterocycles. The molecule has 6 heteroatoms. The Morgan fingerprint density at radius 1 is 1.21 bits per heavy atom. The van der Waals surface area contributed by atoms with Gasteiger partial charge >= 0.3 is 0 Å². The standard InChI is InChI=1S/C23H25ClFN3O/c24-20-9-15(13-26)6-7-22(20)29-23-12-17(16-3-1-4-18(25)10-16)11-21(23)28-8-2-5-19(27)14-28/h1,3-4,6-7,9-10,17,19,21,23H,2,5,8,11-12,14,27H2. The van der Waals surface area contributed by atoms with Crippen molar-refractivity contribution in [2.45, 2.75) is 49.8 Å². The van der Waals surface area contributed by atoms with Crippen molar-refractivity contribution in [1.29, 1.82) is 5.26 Å². The minimum absolute atomic E-state index is 0.0704. The van der Waals surface area contributed by atoms with Crippen molar-refractivity contribution in [2.24, 2.45) is 5.73 Å². The van der Waals surface area contributed by atoms with Gasteiger partial charge in [0.25, 0.3) is 0 Å². The van der Waals surface area contributed by atoms with Crippen LogP contribution in [0.3, 0.4) is 0 Å². The summed E-state index contributed by atoms with van der Waals surface area (Å²) in [6, 6.07) is 14.4. The number of ether oxygens (including phenoxy) is 1. The summed E-state index contributed by atoms with van der Waals surface area (Å²) < 4.78 is 20.2. The zero-order valence-corrected chi connectivity index (χ0v) is 17.0. The number of likely N-dealkylation sites (tertiary alicyclic amines) is 1. The van der Waals surface area contributed by atoms with Crippen LogP contribution in [0.2, 0.25) is 5.02 Å². The summed E-state index contributed by atoms with van der Waals surface area (Å²) in [6.45, 7) is 1.84. The van der Waals surface area contributed by atoms with Crippen LogP contribution in [0.1, 0.15) is 42.7 Å². The van der Waals surface area contributed by atoms with Crippen LogP contribution in [0.5, 0.6) is 5.75 Å². The molecule has 1 heterocycles. The fourth-order valence-corrected chi connectivity index (χ4v) is 4.92. The summed E-state index contributed by atoms with van der Waals surface area (Å²) in [4.78, 5) is 2.43. The molecule has 152 valence electrons. The molecule has 2 aromatic carbocycles. The lowest BCUT2D eigenvalue weighted by atomic mass is 9.97. The van der Waals surface area contributed by atoms with Gasteiger partial charge in [0.2, 0.25) is 0 Å². The third kappa shape index (κ3) is 4.56. The van der Waals surface area contributed by atoms with Gasteiger partial charge in [0.1, 0.15) is 17.7 Å². The molecule has 2 fully saturated rings. The van der Waals surface area contributed by atoms with Gasteiger partial charge in [-0.25, -0.2) is 4.39 Å². The Morgan fingerprint density at radius 3 is 2.79 bits per heavy atom. The van der Waals surface area contributed by atoms with E-state index in [9.17, 15) is 4.39 Å². The predicted octanol–water partition coefficient (Wildman–Crippen LogP) is 4.47. The normalized spacial score (nSPS) is 27.5. The maximum absolute atomic E-state index is 13.8. The van der Waals surface area contributed by atoms with Gasteiger partial charge in [-0.3, -0.25) is 4.90 Å². The van der Waals surface area contributed by atoms with Crippen molar-refractivity contribution in [2.75, 3.05) is 13.1 Å². The molecule has 0 aromatic heterocycles. The highest BCUT2D eigenvalue weighted by molar-refractivity contribution is 6.32. The highest BCUT2D eigenvalue weighted by atomic mass is 35.5. The van der Waals surface area contributed by atoms with Crippen molar-refractivity contribution in [3.63, 3.8) is 0 Å². The number of hydrogen-bond donors (Lipinski definition) is 1. The van der Waals surface area contributed by atoms with E-state index >= 15 is 0 Å². The van der Waals surface area contributed by atoms with Crippen LogP contribution in [-0.4, -0.2) is 36.2 Å². The van der Waals surface area contributed by atoms with E-state index in [1.807, 2.05) is 6.07 Å². The number of benzene rings is 2. The molecule has 1 saturated carbocycles. The van der Waals surface area contributed by atoms with Gasteiger partial charge in [0, 0.05) is 18.6 Å². The molecule has 0 radical (unpaired) electrons. The maximum atomic E-state index is 13.8. The first kappa shape index (κ1) is 20.2. The third-order valence-electron chi connectivity index (χ3n) is 6.09. The lowest BCUT2D eigenvalue weighted by Crippen LogP contribution is -2.51. The fourth-order valence-electron chi connectivity index (χ4n) is 4.69. The van der Waals surface area contributed by atoms with Gasteiger partial charge in [-0.05, 0) is 74.0 Å².